The average Bonchev–Trinajstić information content (AvgIpc) is 2.46. The first-order valence-electron chi connectivity index (χ1n) is 3.08. The summed E-state index contributed by atoms with van der Waals surface area (Å²) in [6, 6.07) is 3.61. The fraction of sp³-hybridized carbons (Fsp3) is 0.429. The molecule has 0 unspecified atom stereocenters. The zero-order valence-corrected chi connectivity index (χ0v) is 5.00. The summed E-state index contributed by atoms with van der Waals surface area (Å²) in [6.45, 7) is 0. The van der Waals surface area contributed by atoms with E-state index < -0.39 is 5.60 Å². The van der Waals surface area contributed by atoms with E-state index in [0.717, 1.165) is 12.8 Å². The van der Waals surface area contributed by atoms with E-state index in [2.05, 4.69) is 0 Å². The number of rotatable bonds is 1. The fourth-order valence-corrected chi connectivity index (χ4v) is 0.908. The molecule has 0 spiro atoms. The van der Waals surface area contributed by atoms with Crippen molar-refractivity contribution >= 4 is 0 Å². The molecule has 1 heterocycles. The summed E-state index contributed by atoms with van der Waals surface area (Å²) >= 11 is 0. The van der Waals surface area contributed by atoms with E-state index in [1.807, 2.05) is 6.07 Å². The van der Waals surface area contributed by atoms with Gasteiger partial charge in [0.25, 0.3) is 0 Å². The molecule has 1 N–H and O–H groups in total. The second-order valence-corrected chi connectivity index (χ2v) is 2.51. The van der Waals surface area contributed by atoms with Gasteiger partial charge in [-0.05, 0) is 25.0 Å². The standard InChI is InChI=1S/C7H8O2/c8-7(3-4-7)6-2-1-5-9-6/h1-2,5,8H,3-4H2. The van der Waals surface area contributed by atoms with Crippen LogP contribution >= 0.6 is 0 Å². The first-order valence-corrected chi connectivity index (χ1v) is 3.08. The van der Waals surface area contributed by atoms with Gasteiger partial charge < -0.3 is 9.52 Å². The summed E-state index contributed by atoms with van der Waals surface area (Å²) in [7, 11) is 0. The zero-order chi connectivity index (χ0) is 6.32. The van der Waals surface area contributed by atoms with Gasteiger partial charge in [0.2, 0.25) is 0 Å². The van der Waals surface area contributed by atoms with Gasteiger partial charge in [-0.3, -0.25) is 0 Å². The van der Waals surface area contributed by atoms with Crippen molar-refractivity contribution in [3.63, 3.8) is 0 Å². The van der Waals surface area contributed by atoms with E-state index in [9.17, 15) is 5.11 Å². The minimum atomic E-state index is -0.594. The Kier molecular flexibility index (Phi) is 0.781. The van der Waals surface area contributed by atoms with Crippen LogP contribution in [0.3, 0.4) is 0 Å². The van der Waals surface area contributed by atoms with Crippen LogP contribution in [0.25, 0.3) is 0 Å². The molecular weight excluding hydrogens is 116 g/mol. The summed E-state index contributed by atoms with van der Waals surface area (Å²) < 4.78 is 5.01. The molecule has 9 heavy (non-hydrogen) atoms. The minimum absolute atomic E-state index is 0.594. The molecule has 1 fully saturated rings. The van der Waals surface area contributed by atoms with Crippen molar-refractivity contribution in [2.45, 2.75) is 18.4 Å². The van der Waals surface area contributed by atoms with Gasteiger partial charge in [-0.2, -0.15) is 0 Å². The highest BCUT2D eigenvalue weighted by Crippen LogP contribution is 2.45. The first kappa shape index (κ1) is 5.06. The van der Waals surface area contributed by atoms with E-state index in [1.165, 1.54) is 0 Å². The lowest BCUT2D eigenvalue weighted by Crippen LogP contribution is -2.00. The topological polar surface area (TPSA) is 33.4 Å². The number of aliphatic hydroxyl groups is 1. The van der Waals surface area contributed by atoms with Crippen molar-refractivity contribution in [3.05, 3.63) is 24.2 Å². The summed E-state index contributed by atoms with van der Waals surface area (Å²) in [5, 5.41) is 9.40. The molecule has 0 saturated heterocycles. The maximum Gasteiger partial charge on any atom is 0.135 e. The molecule has 0 amide bonds. The second-order valence-electron chi connectivity index (χ2n) is 2.51. The molecule has 0 bridgehead atoms. The first-order chi connectivity index (χ1) is 4.31. The van der Waals surface area contributed by atoms with Gasteiger partial charge >= 0.3 is 0 Å². The number of hydrogen-bond acceptors (Lipinski definition) is 2. The minimum Gasteiger partial charge on any atom is -0.466 e. The summed E-state index contributed by atoms with van der Waals surface area (Å²) in [4.78, 5) is 0. The Morgan fingerprint density at radius 3 is 2.78 bits per heavy atom. The van der Waals surface area contributed by atoms with E-state index in [-0.39, 0.29) is 0 Å². The van der Waals surface area contributed by atoms with Crippen LogP contribution in [0.4, 0.5) is 0 Å². The van der Waals surface area contributed by atoms with Gasteiger partial charge in [-0.15, -0.1) is 0 Å². The third kappa shape index (κ3) is 0.669. The Morgan fingerprint density at radius 1 is 1.56 bits per heavy atom. The Hall–Kier alpha value is -0.760. The smallest absolute Gasteiger partial charge is 0.135 e. The Balaban J connectivity index is 2.34. The molecule has 1 aromatic rings. The molecule has 0 aromatic carbocycles. The molecule has 48 valence electrons. The number of furan rings is 1. The van der Waals surface area contributed by atoms with Gasteiger partial charge in [0.05, 0.1) is 6.26 Å². The molecule has 0 aliphatic heterocycles. The second kappa shape index (κ2) is 1.39. The van der Waals surface area contributed by atoms with Gasteiger partial charge in [0, 0.05) is 0 Å². The molecule has 2 heteroatoms. The SMILES string of the molecule is OC1(c2ccco2)CC1. The quantitative estimate of drug-likeness (QED) is 0.611. The summed E-state index contributed by atoms with van der Waals surface area (Å²) in [6.07, 6.45) is 3.28. The summed E-state index contributed by atoms with van der Waals surface area (Å²) in [5.74, 6) is 0.711. The number of hydrogen-bond donors (Lipinski definition) is 1. The van der Waals surface area contributed by atoms with Crippen LogP contribution in [0.1, 0.15) is 18.6 Å². The largest absolute Gasteiger partial charge is 0.466 e. The summed E-state index contributed by atoms with van der Waals surface area (Å²) in [5.41, 5.74) is -0.594. The Bertz CT molecular complexity index is 197. The lowest BCUT2D eigenvalue weighted by atomic mass is 10.2. The normalized spacial score (nSPS) is 21.9. The van der Waals surface area contributed by atoms with E-state index >= 15 is 0 Å². The molecule has 0 atom stereocenters. The predicted octanol–water partition coefficient (Wildman–Crippen LogP) is 1.26. The molecule has 1 saturated carbocycles. The molecule has 2 nitrogen and oxygen atoms in total. The highest BCUT2D eigenvalue weighted by molar-refractivity contribution is 5.15. The highest BCUT2D eigenvalue weighted by atomic mass is 16.4. The molecule has 2 rings (SSSR count). The Labute approximate surface area is 53.1 Å². The lowest BCUT2D eigenvalue weighted by molar-refractivity contribution is 0.123. The van der Waals surface area contributed by atoms with Crippen molar-refractivity contribution in [1.82, 2.24) is 0 Å². The van der Waals surface area contributed by atoms with E-state index in [0.29, 0.717) is 5.76 Å². The monoisotopic (exact) mass is 124 g/mol. The van der Waals surface area contributed by atoms with Crippen molar-refractivity contribution in [2.24, 2.45) is 0 Å². The van der Waals surface area contributed by atoms with E-state index in [4.69, 9.17) is 4.42 Å². The molecule has 1 aliphatic rings. The van der Waals surface area contributed by atoms with Crippen LogP contribution in [0, 0.1) is 0 Å². The van der Waals surface area contributed by atoms with Gasteiger partial charge in [0.1, 0.15) is 11.4 Å². The third-order valence-electron chi connectivity index (χ3n) is 1.70. The van der Waals surface area contributed by atoms with Crippen LogP contribution in [-0.2, 0) is 5.60 Å². The average molecular weight is 124 g/mol. The third-order valence-corrected chi connectivity index (χ3v) is 1.70. The molecule has 0 radical (unpaired) electrons. The van der Waals surface area contributed by atoms with Crippen LogP contribution in [0.5, 0.6) is 0 Å². The van der Waals surface area contributed by atoms with Crippen molar-refractivity contribution in [3.8, 4) is 0 Å². The van der Waals surface area contributed by atoms with Crippen LogP contribution in [0.15, 0.2) is 22.8 Å². The lowest BCUT2D eigenvalue weighted by Gasteiger charge is -1.99. The molecule has 1 aromatic heterocycles. The van der Waals surface area contributed by atoms with Crippen molar-refractivity contribution in [1.29, 1.82) is 0 Å². The predicted molar refractivity (Wildman–Crippen MR) is 31.8 cm³/mol. The fourth-order valence-electron chi connectivity index (χ4n) is 0.908. The van der Waals surface area contributed by atoms with Crippen LogP contribution in [-0.4, -0.2) is 5.11 Å². The maximum absolute atomic E-state index is 9.40. The highest BCUT2D eigenvalue weighted by Gasteiger charge is 2.44. The zero-order valence-electron chi connectivity index (χ0n) is 5.00. The van der Waals surface area contributed by atoms with Gasteiger partial charge in [-0.1, -0.05) is 0 Å². The maximum atomic E-state index is 9.40. The van der Waals surface area contributed by atoms with Crippen molar-refractivity contribution in [2.75, 3.05) is 0 Å². The molecular formula is C7H8O2. The molecule has 1 aliphatic carbocycles. The van der Waals surface area contributed by atoms with Gasteiger partial charge in [0.15, 0.2) is 0 Å². The van der Waals surface area contributed by atoms with Gasteiger partial charge in [-0.25, -0.2) is 0 Å². The van der Waals surface area contributed by atoms with Crippen LogP contribution in [0.2, 0.25) is 0 Å². The Morgan fingerprint density at radius 2 is 2.33 bits per heavy atom. The van der Waals surface area contributed by atoms with Crippen LogP contribution < -0.4 is 0 Å². The van der Waals surface area contributed by atoms with Crippen molar-refractivity contribution < 1.29 is 9.52 Å². The van der Waals surface area contributed by atoms with E-state index in [1.54, 1.807) is 12.3 Å².